The van der Waals surface area contributed by atoms with E-state index in [4.69, 9.17) is 0 Å². The molecule has 0 unspecified atom stereocenters. The van der Waals surface area contributed by atoms with Crippen LogP contribution in [0.1, 0.15) is 12.0 Å². The van der Waals surface area contributed by atoms with Gasteiger partial charge in [0.15, 0.2) is 5.96 Å². The van der Waals surface area contributed by atoms with E-state index in [9.17, 15) is 9.18 Å². The summed E-state index contributed by atoms with van der Waals surface area (Å²) < 4.78 is 13.4. The summed E-state index contributed by atoms with van der Waals surface area (Å²) in [5.74, 6) is 0.473. The van der Waals surface area contributed by atoms with Crippen LogP contribution in [0, 0.1) is 5.82 Å². The molecule has 0 radical (unpaired) electrons. The maximum atomic E-state index is 13.4. The Morgan fingerprint density at radius 2 is 1.90 bits per heavy atom. The molecule has 5 nitrogen and oxygen atoms in total. The van der Waals surface area contributed by atoms with Crippen molar-refractivity contribution in [1.82, 2.24) is 15.5 Å². The zero-order chi connectivity index (χ0) is 15.7. The number of rotatable bonds is 6. The molecule has 0 bridgehead atoms. The summed E-state index contributed by atoms with van der Waals surface area (Å²) in [6.07, 6.45) is 0.977. The molecule has 0 fully saturated rings. The molecule has 0 aliphatic rings. The largest absolute Gasteiger partial charge is 0.356 e. The lowest BCUT2D eigenvalue weighted by Crippen LogP contribution is -2.40. The Kier molecular flexibility index (Phi) is 7.21. The molecule has 0 atom stereocenters. The lowest BCUT2D eigenvalue weighted by molar-refractivity contribution is -0.128. The summed E-state index contributed by atoms with van der Waals surface area (Å²) in [5.41, 5.74) is 0.670. The molecule has 0 aromatic heterocycles. The predicted octanol–water partition coefficient (Wildman–Crippen LogP) is 1.01. The Morgan fingerprint density at radius 1 is 1.24 bits per heavy atom. The van der Waals surface area contributed by atoms with Crippen LogP contribution in [0.2, 0.25) is 0 Å². The fraction of sp³-hybridized carbons (Fsp3) is 0.467. The Hall–Kier alpha value is -2.11. The minimum absolute atomic E-state index is 0.0595. The van der Waals surface area contributed by atoms with Crippen molar-refractivity contribution in [2.75, 3.05) is 34.2 Å². The van der Waals surface area contributed by atoms with Gasteiger partial charge in [-0.2, -0.15) is 0 Å². The lowest BCUT2D eigenvalue weighted by atomic mass is 10.1. The quantitative estimate of drug-likeness (QED) is 0.608. The first kappa shape index (κ1) is 16.9. The molecule has 0 heterocycles. The van der Waals surface area contributed by atoms with Gasteiger partial charge in [0.2, 0.25) is 5.91 Å². The van der Waals surface area contributed by atoms with E-state index in [1.165, 1.54) is 6.07 Å². The van der Waals surface area contributed by atoms with Crippen LogP contribution in [-0.4, -0.2) is 51.0 Å². The topological polar surface area (TPSA) is 56.7 Å². The maximum Gasteiger partial charge on any atom is 0.223 e. The summed E-state index contributed by atoms with van der Waals surface area (Å²) in [7, 11) is 5.11. The van der Waals surface area contributed by atoms with Gasteiger partial charge in [0.25, 0.3) is 0 Å². The van der Waals surface area contributed by atoms with Gasteiger partial charge in [-0.15, -0.1) is 0 Å². The first-order valence-electron chi connectivity index (χ1n) is 6.92. The minimum Gasteiger partial charge on any atom is -0.356 e. The number of hydrogen-bond acceptors (Lipinski definition) is 2. The summed E-state index contributed by atoms with van der Waals surface area (Å²) in [4.78, 5) is 17.0. The number of halogens is 1. The Morgan fingerprint density at radius 3 is 2.52 bits per heavy atom. The van der Waals surface area contributed by atoms with Crippen molar-refractivity contribution in [3.05, 3.63) is 35.6 Å². The number of guanidine groups is 1. The average Bonchev–Trinajstić information content (AvgIpc) is 2.47. The molecule has 0 spiro atoms. The lowest BCUT2D eigenvalue weighted by Gasteiger charge is -2.13. The second kappa shape index (κ2) is 8.94. The van der Waals surface area contributed by atoms with Gasteiger partial charge in [-0.3, -0.25) is 9.79 Å². The maximum absolute atomic E-state index is 13.4. The van der Waals surface area contributed by atoms with Gasteiger partial charge in [-0.1, -0.05) is 18.2 Å². The first-order chi connectivity index (χ1) is 10.0. The highest BCUT2D eigenvalue weighted by molar-refractivity contribution is 5.81. The second-order valence-electron chi connectivity index (χ2n) is 4.81. The highest BCUT2D eigenvalue weighted by atomic mass is 19.1. The molecule has 2 N–H and O–H groups in total. The third kappa shape index (κ3) is 6.25. The predicted molar refractivity (Wildman–Crippen MR) is 82.8 cm³/mol. The van der Waals surface area contributed by atoms with Crippen molar-refractivity contribution in [2.24, 2.45) is 4.99 Å². The average molecular weight is 294 g/mol. The second-order valence-corrected chi connectivity index (χ2v) is 4.81. The Labute approximate surface area is 125 Å². The van der Waals surface area contributed by atoms with E-state index >= 15 is 0 Å². The molecule has 21 heavy (non-hydrogen) atoms. The third-order valence-corrected chi connectivity index (χ3v) is 3.00. The van der Waals surface area contributed by atoms with Crippen LogP contribution in [-0.2, 0) is 11.2 Å². The third-order valence-electron chi connectivity index (χ3n) is 3.00. The fourth-order valence-corrected chi connectivity index (χ4v) is 1.75. The molecule has 0 aliphatic carbocycles. The van der Waals surface area contributed by atoms with Crippen LogP contribution in [0.4, 0.5) is 4.39 Å². The van der Waals surface area contributed by atoms with Crippen molar-refractivity contribution < 1.29 is 9.18 Å². The van der Waals surface area contributed by atoms with Gasteiger partial charge < -0.3 is 15.5 Å². The number of amides is 1. The number of nitrogens with one attached hydrogen (secondary N) is 2. The molecule has 116 valence electrons. The van der Waals surface area contributed by atoms with Crippen LogP contribution in [0.5, 0.6) is 0 Å². The normalized spacial score (nSPS) is 11.1. The number of aliphatic imine (C=N–C) groups is 1. The molecule has 6 heteroatoms. The number of carbonyl (C=O) groups excluding carboxylic acids is 1. The van der Waals surface area contributed by atoms with E-state index in [2.05, 4.69) is 15.6 Å². The smallest absolute Gasteiger partial charge is 0.223 e. The molecular formula is C15H23FN4O. The number of benzene rings is 1. The Balaban J connectivity index is 2.29. The van der Waals surface area contributed by atoms with Crippen LogP contribution < -0.4 is 10.6 Å². The van der Waals surface area contributed by atoms with E-state index < -0.39 is 0 Å². The van der Waals surface area contributed by atoms with Crippen LogP contribution in [0.25, 0.3) is 0 Å². The fourth-order valence-electron chi connectivity index (χ4n) is 1.75. The molecule has 0 aliphatic heterocycles. The van der Waals surface area contributed by atoms with Gasteiger partial charge in [0, 0.05) is 40.7 Å². The van der Waals surface area contributed by atoms with Crippen LogP contribution >= 0.6 is 0 Å². The summed E-state index contributed by atoms with van der Waals surface area (Å²) in [6, 6.07) is 6.71. The standard InChI is InChI=1S/C15H23FN4O/c1-17-15(19-11-9-14(21)20(2)3)18-10-8-12-6-4-5-7-13(12)16/h4-7H,8-11H2,1-3H3,(H2,17,18,19). The summed E-state index contributed by atoms with van der Waals surface area (Å²) in [5, 5.41) is 6.15. The van der Waals surface area contributed by atoms with Gasteiger partial charge in [-0.05, 0) is 18.1 Å². The summed E-state index contributed by atoms with van der Waals surface area (Å²) >= 11 is 0. The van der Waals surface area contributed by atoms with E-state index in [0.29, 0.717) is 37.5 Å². The van der Waals surface area contributed by atoms with Crippen molar-refractivity contribution in [3.63, 3.8) is 0 Å². The van der Waals surface area contributed by atoms with E-state index in [0.717, 1.165) is 0 Å². The van der Waals surface area contributed by atoms with Crippen LogP contribution in [0.3, 0.4) is 0 Å². The molecule has 1 aromatic carbocycles. The van der Waals surface area contributed by atoms with Gasteiger partial charge in [-0.25, -0.2) is 4.39 Å². The molecule has 0 saturated heterocycles. The molecular weight excluding hydrogens is 271 g/mol. The molecule has 0 saturated carbocycles. The molecule has 1 rings (SSSR count). The highest BCUT2D eigenvalue weighted by Crippen LogP contribution is 2.05. The van der Waals surface area contributed by atoms with Gasteiger partial charge >= 0.3 is 0 Å². The zero-order valence-corrected chi connectivity index (χ0v) is 12.8. The van der Waals surface area contributed by atoms with Crippen molar-refractivity contribution in [1.29, 1.82) is 0 Å². The first-order valence-corrected chi connectivity index (χ1v) is 6.92. The monoisotopic (exact) mass is 294 g/mol. The van der Waals surface area contributed by atoms with E-state index in [-0.39, 0.29) is 11.7 Å². The number of carbonyl (C=O) groups is 1. The van der Waals surface area contributed by atoms with Gasteiger partial charge in [0.05, 0.1) is 0 Å². The molecule has 1 amide bonds. The van der Waals surface area contributed by atoms with Crippen molar-refractivity contribution in [3.8, 4) is 0 Å². The molecule has 1 aromatic rings. The van der Waals surface area contributed by atoms with E-state index in [1.807, 2.05) is 6.07 Å². The van der Waals surface area contributed by atoms with Crippen molar-refractivity contribution in [2.45, 2.75) is 12.8 Å². The van der Waals surface area contributed by atoms with Gasteiger partial charge in [0.1, 0.15) is 5.82 Å². The SMILES string of the molecule is CN=C(NCCC(=O)N(C)C)NCCc1ccccc1F. The van der Waals surface area contributed by atoms with Crippen LogP contribution in [0.15, 0.2) is 29.3 Å². The minimum atomic E-state index is -0.196. The zero-order valence-electron chi connectivity index (χ0n) is 12.8. The summed E-state index contributed by atoms with van der Waals surface area (Å²) in [6.45, 7) is 1.08. The number of hydrogen-bond donors (Lipinski definition) is 2. The highest BCUT2D eigenvalue weighted by Gasteiger charge is 2.05. The van der Waals surface area contributed by atoms with E-state index in [1.54, 1.807) is 38.2 Å². The number of nitrogens with zero attached hydrogens (tertiary/aromatic N) is 2. The van der Waals surface area contributed by atoms with Crippen molar-refractivity contribution >= 4 is 11.9 Å². The Bertz CT molecular complexity index is 488.